The summed E-state index contributed by atoms with van der Waals surface area (Å²) in [7, 11) is -3.86. The van der Waals surface area contributed by atoms with E-state index in [4.69, 9.17) is 15.5 Å². The zero-order chi connectivity index (χ0) is 8.48. The average molecular weight is 179 g/mol. The van der Waals surface area contributed by atoms with E-state index >= 15 is 0 Å². The van der Waals surface area contributed by atoms with E-state index < -0.39 is 13.3 Å². The summed E-state index contributed by atoms with van der Waals surface area (Å²) in [6, 6.07) is -0.0126. The quantitative estimate of drug-likeness (QED) is 0.510. The van der Waals surface area contributed by atoms with Crippen LogP contribution in [0.2, 0.25) is 0 Å². The molecular weight excluding hydrogens is 165 g/mol. The van der Waals surface area contributed by atoms with Crippen LogP contribution in [0.4, 0.5) is 0 Å². The van der Waals surface area contributed by atoms with E-state index in [1.807, 2.05) is 0 Å². The summed E-state index contributed by atoms with van der Waals surface area (Å²) in [5, 5.41) is 0. The molecule has 0 radical (unpaired) electrons. The van der Waals surface area contributed by atoms with E-state index in [9.17, 15) is 4.57 Å². The van der Waals surface area contributed by atoms with Crippen molar-refractivity contribution in [3.8, 4) is 0 Å². The second kappa shape index (κ2) is 3.23. The van der Waals surface area contributed by atoms with Crippen molar-refractivity contribution in [2.75, 3.05) is 0 Å². The lowest BCUT2D eigenvalue weighted by Gasteiger charge is -2.26. The molecule has 4 nitrogen and oxygen atoms in total. The lowest BCUT2D eigenvalue weighted by molar-refractivity contribution is 0.327. The first-order valence-corrected chi connectivity index (χ1v) is 5.49. The highest BCUT2D eigenvalue weighted by Crippen LogP contribution is 2.47. The molecule has 0 bridgehead atoms. The van der Waals surface area contributed by atoms with Crippen LogP contribution in [0.15, 0.2) is 0 Å². The summed E-state index contributed by atoms with van der Waals surface area (Å²) in [4.78, 5) is 17.6. The molecule has 4 N–H and O–H groups in total. The molecule has 1 aliphatic carbocycles. The Labute approximate surface area is 65.9 Å². The van der Waals surface area contributed by atoms with Crippen molar-refractivity contribution in [2.45, 2.75) is 37.4 Å². The average Bonchev–Trinajstić information content (AvgIpc) is 1.86. The van der Waals surface area contributed by atoms with Gasteiger partial charge in [-0.15, -0.1) is 0 Å². The monoisotopic (exact) mass is 179 g/mol. The Morgan fingerprint density at radius 1 is 1.36 bits per heavy atom. The highest BCUT2D eigenvalue weighted by molar-refractivity contribution is 7.52. The van der Waals surface area contributed by atoms with E-state index in [-0.39, 0.29) is 6.04 Å². The van der Waals surface area contributed by atoms with Gasteiger partial charge < -0.3 is 15.5 Å². The summed E-state index contributed by atoms with van der Waals surface area (Å²) in [6.45, 7) is 0. The van der Waals surface area contributed by atoms with Crippen LogP contribution in [0.5, 0.6) is 0 Å². The fraction of sp³-hybridized carbons (Fsp3) is 1.00. The second-order valence-corrected chi connectivity index (χ2v) is 5.08. The molecule has 66 valence electrons. The third-order valence-corrected chi connectivity index (χ3v) is 3.58. The lowest BCUT2D eigenvalue weighted by Crippen LogP contribution is -2.30. The van der Waals surface area contributed by atoms with E-state index in [0.717, 1.165) is 12.8 Å². The molecule has 0 aliphatic heterocycles. The fourth-order valence-electron chi connectivity index (χ4n) is 1.51. The van der Waals surface area contributed by atoms with Crippen molar-refractivity contribution >= 4 is 7.60 Å². The number of hydrogen-bond acceptors (Lipinski definition) is 2. The molecule has 1 fully saturated rings. The molecule has 0 aromatic rings. The van der Waals surface area contributed by atoms with Gasteiger partial charge in [-0.2, -0.15) is 0 Å². The third kappa shape index (κ3) is 2.56. The second-order valence-electron chi connectivity index (χ2n) is 3.17. The molecule has 5 heteroatoms. The molecule has 1 rings (SSSR count). The minimum absolute atomic E-state index is 0.0126. The Morgan fingerprint density at radius 2 is 2.00 bits per heavy atom. The predicted molar refractivity (Wildman–Crippen MR) is 42.3 cm³/mol. The Morgan fingerprint density at radius 3 is 2.36 bits per heavy atom. The molecule has 0 aromatic carbocycles. The molecular formula is C6H14NO3P. The predicted octanol–water partition coefficient (Wildman–Crippen LogP) is 0.434. The van der Waals surface area contributed by atoms with Gasteiger partial charge in [0.15, 0.2) is 0 Å². The zero-order valence-electron chi connectivity index (χ0n) is 6.31. The molecule has 0 spiro atoms. The molecule has 1 aliphatic rings. The third-order valence-electron chi connectivity index (χ3n) is 2.16. The van der Waals surface area contributed by atoms with Gasteiger partial charge in [-0.3, -0.25) is 4.57 Å². The Kier molecular flexibility index (Phi) is 2.70. The summed E-state index contributed by atoms with van der Waals surface area (Å²) in [5.74, 6) is 0. The van der Waals surface area contributed by atoms with Gasteiger partial charge in [-0.25, -0.2) is 0 Å². The Bertz CT molecular complexity index is 179. The van der Waals surface area contributed by atoms with Crippen LogP contribution in [-0.4, -0.2) is 21.5 Å². The van der Waals surface area contributed by atoms with E-state index in [0.29, 0.717) is 12.8 Å². The van der Waals surface area contributed by atoms with Crippen molar-refractivity contribution in [1.29, 1.82) is 0 Å². The van der Waals surface area contributed by atoms with Gasteiger partial charge in [0.25, 0.3) is 0 Å². The maximum absolute atomic E-state index is 10.8. The number of hydrogen-bond donors (Lipinski definition) is 3. The SMILES string of the molecule is N[C@@H]1CCC[C@@H](P(=O)(O)O)C1. The van der Waals surface area contributed by atoms with Gasteiger partial charge in [-0.05, 0) is 19.3 Å². The Hall–Kier alpha value is 0.110. The number of rotatable bonds is 1. The van der Waals surface area contributed by atoms with Gasteiger partial charge in [0, 0.05) is 6.04 Å². The highest BCUT2D eigenvalue weighted by atomic mass is 31.2. The van der Waals surface area contributed by atoms with Crippen LogP contribution >= 0.6 is 7.60 Å². The van der Waals surface area contributed by atoms with E-state index in [2.05, 4.69) is 0 Å². The van der Waals surface area contributed by atoms with Crippen LogP contribution in [0.3, 0.4) is 0 Å². The summed E-state index contributed by atoms with van der Waals surface area (Å²) >= 11 is 0. The van der Waals surface area contributed by atoms with Crippen LogP contribution < -0.4 is 5.73 Å². The van der Waals surface area contributed by atoms with Crippen LogP contribution in [-0.2, 0) is 4.57 Å². The Balaban J connectivity index is 2.53. The molecule has 0 unspecified atom stereocenters. The normalized spacial score (nSPS) is 33.7. The number of nitrogens with two attached hydrogens (primary N) is 1. The first-order chi connectivity index (χ1) is 5.00. The lowest BCUT2D eigenvalue weighted by atomic mass is 9.96. The van der Waals surface area contributed by atoms with E-state index in [1.54, 1.807) is 0 Å². The molecule has 0 saturated heterocycles. The molecule has 2 atom stereocenters. The summed E-state index contributed by atoms with van der Waals surface area (Å²) in [5.41, 5.74) is 5.10. The summed E-state index contributed by atoms with van der Waals surface area (Å²) < 4.78 is 10.8. The maximum Gasteiger partial charge on any atom is 0.328 e. The van der Waals surface area contributed by atoms with Crippen molar-refractivity contribution in [1.82, 2.24) is 0 Å². The van der Waals surface area contributed by atoms with Crippen molar-refractivity contribution in [3.05, 3.63) is 0 Å². The molecule has 0 amide bonds. The fourth-order valence-corrected chi connectivity index (χ4v) is 2.57. The standard InChI is InChI=1S/C6H14NO3P/c7-5-2-1-3-6(4-5)11(8,9)10/h5-6H,1-4,7H2,(H2,8,9,10)/t5-,6-/m1/s1. The van der Waals surface area contributed by atoms with Gasteiger partial charge in [0.05, 0.1) is 5.66 Å². The molecule has 1 saturated carbocycles. The zero-order valence-corrected chi connectivity index (χ0v) is 7.20. The van der Waals surface area contributed by atoms with Gasteiger partial charge in [0.2, 0.25) is 0 Å². The first kappa shape index (κ1) is 9.20. The minimum Gasteiger partial charge on any atom is -0.328 e. The molecule has 0 aromatic heterocycles. The van der Waals surface area contributed by atoms with Crippen molar-refractivity contribution < 1.29 is 14.4 Å². The van der Waals surface area contributed by atoms with E-state index in [1.165, 1.54) is 0 Å². The largest absolute Gasteiger partial charge is 0.328 e. The molecule has 0 heterocycles. The topological polar surface area (TPSA) is 83.6 Å². The smallest absolute Gasteiger partial charge is 0.328 e. The van der Waals surface area contributed by atoms with Crippen LogP contribution in [0, 0.1) is 0 Å². The van der Waals surface area contributed by atoms with Crippen molar-refractivity contribution in [3.63, 3.8) is 0 Å². The van der Waals surface area contributed by atoms with Gasteiger partial charge in [-0.1, -0.05) is 6.42 Å². The van der Waals surface area contributed by atoms with Gasteiger partial charge >= 0.3 is 7.60 Å². The van der Waals surface area contributed by atoms with Crippen molar-refractivity contribution in [2.24, 2.45) is 5.73 Å². The molecule has 11 heavy (non-hydrogen) atoms. The van der Waals surface area contributed by atoms with Crippen LogP contribution in [0.25, 0.3) is 0 Å². The summed E-state index contributed by atoms with van der Waals surface area (Å²) in [6.07, 6.45) is 2.84. The minimum atomic E-state index is -3.86. The van der Waals surface area contributed by atoms with Gasteiger partial charge in [0.1, 0.15) is 0 Å². The highest BCUT2D eigenvalue weighted by Gasteiger charge is 2.32. The van der Waals surface area contributed by atoms with Crippen LogP contribution in [0.1, 0.15) is 25.7 Å². The maximum atomic E-state index is 10.8. The first-order valence-electron chi connectivity index (χ1n) is 3.81.